The molecule has 2 N–H and O–H groups in total. The van der Waals surface area contributed by atoms with Gasteiger partial charge in [-0.3, -0.25) is 8.89 Å². The van der Waals surface area contributed by atoms with E-state index in [9.17, 15) is 4.21 Å². The topological polar surface area (TPSA) is 60.9 Å². The Balaban J connectivity index is 1.70. The Bertz CT molecular complexity index is 665. The minimum absolute atomic E-state index is 0.403. The van der Waals surface area contributed by atoms with Crippen LogP contribution >= 0.6 is 11.6 Å². The second kappa shape index (κ2) is 6.20. The quantitative estimate of drug-likeness (QED) is 0.875. The van der Waals surface area contributed by atoms with E-state index in [0.717, 1.165) is 5.69 Å². The lowest BCUT2D eigenvalue weighted by molar-refractivity contribution is 0.464. The first-order valence-corrected chi connectivity index (χ1v) is 8.80. The largest absolute Gasteiger partial charge is 0.398 e. The van der Waals surface area contributed by atoms with Crippen LogP contribution in [0.4, 0.5) is 5.69 Å². The highest BCUT2D eigenvalue weighted by Crippen LogP contribution is 2.29. The summed E-state index contributed by atoms with van der Waals surface area (Å²) in [5.74, 6) is 0.403. The van der Waals surface area contributed by atoms with Crippen LogP contribution in [0, 0.1) is 0 Å². The van der Waals surface area contributed by atoms with Crippen LogP contribution in [-0.4, -0.2) is 14.0 Å². The van der Waals surface area contributed by atoms with Gasteiger partial charge in [-0.05, 0) is 37.1 Å². The van der Waals surface area contributed by atoms with E-state index < -0.39 is 10.8 Å². The molecule has 21 heavy (non-hydrogen) atoms. The van der Waals surface area contributed by atoms with Gasteiger partial charge in [0.15, 0.2) is 0 Å². The Hall–Kier alpha value is -1.33. The Kier molecular flexibility index (Phi) is 4.31. The van der Waals surface area contributed by atoms with Crippen molar-refractivity contribution in [3.8, 4) is 0 Å². The van der Waals surface area contributed by atoms with Gasteiger partial charge in [0.1, 0.15) is 0 Å². The van der Waals surface area contributed by atoms with E-state index in [1.165, 1.54) is 25.7 Å². The van der Waals surface area contributed by atoms with Crippen LogP contribution in [-0.2, 0) is 16.6 Å². The zero-order valence-electron chi connectivity index (χ0n) is 11.7. The molecule has 0 bridgehead atoms. The summed E-state index contributed by atoms with van der Waals surface area (Å²) in [6.07, 6.45) is 6.93. The molecule has 1 saturated carbocycles. The minimum Gasteiger partial charge on any atom is -0.398 e. The summed E-state index contributed by atoms with van der Waals surface area (Å²) in [6, 6.07) is 7.58. The summed E-state index contributed by atoms with van der Waals surface area (Å²) < 4.78 is 14.4. The summed E-state index contributed by atoms with van der Waals surface area (Å²) in [5, 5.41) is 5.01. The highest BCUT2D eigenvalue weighted by molar-refractivity contribution is 7.84. The first-order chi connectivity index (χ1) is 10.1. The average Bonchev–Trinajstić information content (AvgIpc) is 3.12. The molecule has 1 aliphatic rings. The number of nitrogens with two attached hydrogens (primary N) is 1. The van der Waals surface area contributed by atoms with Crippen molar-refractivity contribution in [1.29, 1.82) is 0 Å². The molecule has 0 amide bonds. The van der Waals surface area contributed by atoms with Crippen molar-refractivity contribution in [2.45, 2.75) is 42.4 Å². The zero-order chi connectivity index (χ0) is 14.8. The number of aromatic nitrogens is 2. The number of nitrogens with zero attached hydrogens (tertiary/aromatic N) is 2. The Morgan fingerprint density at radius 1 is 1.33 bits per heavy atom. The predicted octanol–water partition coefficient (Wildman–Crippen LogP) is 3.54. The summed E-state index contributed by atoms with van der Waals surface area (Å²) in [6.45, 7) is 0. The SMILES string of the molecule is Nc1ccc(S(=O)Cc2ccn(C3CCCC3)n2)cc1Cl. The third-order valence-electron chi connectivity index (χ3n) is 3.88. The number of nitrogen functional groups attached to an aromatic ring is 1. The van der Waals surface area contributed by atoms with Crippen molar-refractivity contribution in [3.05, 3.63) is 41.2 Å². The number of anilines is 1. The highest BCUT2D eigenvalue weighted by atomic mass is 35.5. The van der Waals surface area contributed by atoms with Gasteiger partial charge in [0.25, 0.3) is 0 Å². The zero-order valence-corrected chi connectivity index (χ0v) is 13.2. The standard InChI is InChI=1S/C15H18ClN3OS/c16-14-9-13(5-6-15(14)17)21(20)10-11-7-8-19(18-11)12-3-1-2-4-12/h5-9,12H,1-4,10,17H2. The molecule has 1 fully saturated rings. The van der Waals surface area contributed by atoms with Gasteiger partial charge >= 0.3 is 0 Å². The molecule has 1 aliphatic carbocycles. The van der Waals surface area contributed by atoms with Gasteiger partial charge in [-0.2, -0.15) is 5.10 Å². The molecular formula is C15H18ClN3OS. The monoisotopic (exact) mass is 323 g/mol. The predicted molar refractivity (Wildman–Crippen MR) is 85.7 cm³/mol. The number of hydrogen-bond donors (Lipinski definition) is 1. The summed E-state index contributed by atoms with van der Waals surface area (Å²) in [4.78, 5) is 0.685. The van der Waals surface area contributed by atoms with Gasteiger partial charge in [-0.25, -0.2) is 0 Å². The van der Waals surface area contributed by atoms with Gasteiger partial charge in [-0.1, -0.05) is 24.4 Å². The van der Waals surface area contributed by atoms with Gasteiger partial charge in [0, 0.05) is 11.1 Å². The number of hydrogen-bond acceptors (Lipinski definition) is 3. The third kappa shape index (κ3) is 3.30. The fraction of sp³-hybridized carbons (Fsp3) is 0.400. The maximum atomic E-state index is 12.4. The van der Waals surface area contributed by atoms with Crippen LogP contribution in [0.25, 0.3) is 0 Å². The Labute approximate surface area is 131 Å². The fourth-order valence-electron chi connectivity index (χ4n) is 2.69. The van der Waals surface area contributed by atoms with Gasteiger partial charge in [-0.15, -0.1) is 0 Å². The summed E-state index contributed by atoms with van der Waals surface area (Å²) in [7, 11) is -1.16. The minimum atomic E-state index is -1.16. The van der Waals surface area contributed by atoms with Crippen molar-refractivity contribution in [1.82, 2.24) is 9.78 Å². The molecule has 0 radical (unpaired) electrons. The molecule has 1 aromatic heterocycles. The van der Waals surface area contributed by atoms with E-state index in [-0.39, 0.29) is 0 Å². The van der Waals surface area contributed by atoms with E-state index in [1.807, 2.05) is 16.9 Å². The van der Waals surface area contributed by atoms with E-state index in [4.69, 9.17) is 17.3 Å². The molecule has 6 heteroatoms. The number of rotatable bonds is 4. The Morgan fingerprint density at radius 2 is 2.10 bits per heavy atom. The number of benzene rings is 1. The number of halogens is 1. The summed E-state index contributed by atoms with van der Waals surface area (Å²) >= 11 is 5.97. The molecule has 0 aliphatic heterocycles. The first-order valence-electron chi connectivity index (χ1n) is 7.11. The lowest BCUT2D eigenvalue weighted by Gasteiger charge is -2.08. The molecule has 1 aromatic carbocycles. The van der Waals surface area contributed by atoms with Crippen molar-refractivity contribution < 1.29 is 4.21 Å². The lowest BCUT2D eigenvalue weighted by Crippen LogP contribution is -2.06. The third-order valence-corrected chi connectivity index (χ3v) is 5.54. The molecule has 1 atom stereocenters. The van der Waals surface area contributed by atoms with E-state index >= 15 is 0 Å². The molecule has 1 unspecified atom stereocenters. The maximum absolute atomic E-state index is 12.4. The molecule has 0 saturated heterocycles. The van der Waals surface area contributed by atoms with Gasteiger partial charge in [0.05, 0.1) is 39.0 Å². The second-order valence-electron chi connectivity index (χ2n) is 5.40. The van der Waals surface area contributed by atoms with Crippen molar-refractivity contribution in [2.24, 2.45) is 0 Å². The molecule has 4 nitrogen and oxygen atoms in total. The van der Waals surface area contributed by atoms with Crippen LogP contribution in [0.3, 0.4) is 0 Å². The lowest BCUT2D eigenvalue weighted by atomic mass is 10.3. The highest BCUT2D eigenvalue weighted by Gasteiger charge is 2.18. The van der Waals surface area contributed by atoms with E-state index in [2.05, 4.69) is 5.10 Å². The Morgan fingerprint density at radius 3 is 2.81 bits per heavy atom. The molecular weight excluding hydrogens is 306 g/mol. The molecule has 112 valence electrons. The molecule has 3 rings (SSSR count). The van der Waals surface area contributed by atoms with Crippen molar-refractivity contribution >= 4 is 28.1 Å². The fourth-order valence-corrected chi connectivity index (χ4v) is 4.00. The first kappa shape index (κ1) is 14.6. The van der Waals surface area contributed by atoms with Crippen LogP contribution in [0.5, 0.6) is 0 Å². The smallest absolute Gasteiger partial charge is 0.0753 e. The van der Waals surface area contributed by atoms with Crippen LogP contribution in [0.2, 0.25) is 5.02 Å². The van der Waals surface area contributed by atoms with E-state index in [1.54, 1.807) is 18.2 Å². The maximum Gasteiger partial charge on any atom is 0.0753 e. The van der Waals surface area contributed by atoms with E-state index in [0.29, 0.717) is 27.4 Å². The molecule has 0 spiro atoms. The van der Waals surface area contributed by atoms with Gasteiger partial charge < -0.3 is 5.73 Å². The van der Waals surface area contributed by atoms with Crippen LogP contribution < -0.4 is 5.73 Å². The molecule has 2 aromatic rings. The average molecular weight is 324 g/mol. The van der Waals surface area contributed by atoms with Crippen LogP contribution in [0.15, 0.2) is 35.4 Å². The van der Waals surface area contributed by atoms with Crippen molar-refractivity contribution in [2.75, 3.05) is 5.73 Å². The van der Waals surface area contributed by atoms with Crippen LogP contribution in [0.1, 0.15) is 37.4 Å². The van der Waals surface area contributed by atoms with Gasteiger partial charge in [0.2, 0.25) is 0 Å². The second-order valence-corrected chi connectivity index (χ2v) is 7.26. The van der Waals surface area contributed by atoms with Crippen molar-refractivity contribution in [3.63, 3.8) is 0 Å². The molecule has 1 heterocycles. The summed E-state index contributed by atoms with van der Waals surface area (Å²) in [5.41, 5.74) is 7.03. The normalized spacial score (nSPS) is 17.2.